The minimum atomic E-state index is -0.136. The number of piperazine rings is 1. The van der Waals surface area contributed by atoms with E-state index in [1.165, 1.54) is 6.26 Å². The van der Waals surface area contributed by atoms with E-state index in [9.17, 15) is 14.4 Å². The van der Waals surface area contributed by atoms with Crippen LogP contribution in [-0.4, -0.2) is 66.9 Å². The second-order valence-corrected chi connectivity index (χ2v) is 6.87. The lowest BCUT2D eigenvalue weighted by molar-refractivity contribution is -0.125. The smallest absolute Gasteiger partial charge is 0.317 e. The molecule has 0 aromatic carbocycles. The van der Waals surface area contributed by atoms with Gasteiger partial charge in [-0.1, -0.05) is 0 Å². The van der Waals surface area contributed by atoms with E-state index in [1.807, 2.05) is 0 Å². The molecule has 0 atom stereocenters. The monoisotopic (exact) mass is 362 g/mol. The molecule has 26 heavy (non-hydrogen) atoms. The minimum Gasteiger partial charge on any atom is -0.459 e. The van der Waals surface area contributed by atoms with Gasteiger partial charge in [-0.25, -0.2) is 4.79 Å². The Hall–Kier alpha value is -2.51. The van der Waals surface area contributed by atoms with E-state index < -0.39 is 0 Å². The fourth-order valence-corrected chi connectivity index (χ4v) is 3.64. The molecule has 1 saturated carbocycles. The van der Waals surface area contributed by atoms with Crippen molar-refractivity contribution in [2.75, 3.05) is 33.2 Å². The molecule has 2 heterocycles. The van der Waals surface area contributed by atoms with Gasteiger partial charge in [-0.2, -0.15) is 0 Å². The summed E-state index contributed by atoms with van der Waals surface area (Å²) < 4.78 is 5.14. The molecule has 0 unspecified atom stereocenters. The molecule has 2 aliphatic rings. The highest BCUT2D eigenvalue weighted by molar-refractivity contribution is 5.91. The maximum Gasteiger partial charge on any atom is 0.317 e. The van der Waals surface area contributed by atoms with E-state index in [2.05, 4.69) is 10.6 Å². The third kappa shape index (κ3) is 4.17. The van der Waals surface area contributed by atoms with Crippen LogP contribution in [0.25, 0.3) is 0 Å². The van der Waals surface area contributed by atoms with Gasteiger partial charge in [0.05, 0.1) is 6.26 Å². The first-order valence-corrected chi connectivity index (χ1v) is 9.18. The average Bonchev–Trinajstić information content (AvgIpc) is 3.22. The number of carbonyl (C=O) groups excluding carboxylic acids is 3. The lowest BCUT2D eigenvalue weighted by Crippen LogP contribution is -2.55. The topological polar surface area (TPSA) is 94.9 Å². The first kappa shape index (κ1) is 18.3. The highest BCUT2D eigenvalue weighted by atomic mass is 16.3. The Morgan fingerprint density at radius 2 is 1.69 bits per heavy atom. The van der Waals surface area contributed by atoms with Gasteiger partial charge in [0.25, 0.3) is 5.91 Å². The van der Waals surface area contributed by atoms with Crippen LogP contribution in [0.5, 0.6) is 0 Å². The first-order valence-electron chi connectivity index (χ1n) is 9.18. The van der Waals surface area contributed by atoms with Crippen LogP contribution in [0.1, 0.15) is 36.2 Å². The van der Waals surface area contributed by atoms with Gasteiger partial charge in [0.1, 0.15) is 0 Å². The van der Waals surface area contributed by atoms with Gasteiger partial charge in [-0.3, -0.25) is 9.59 Å². The molecular weight excluding hydrogens is 336 g/mol. The van der Waals surface area contributed by atoms with Crippen LogP contribution >= 0.6 is 0 Å². The lowest BCUT2D eigenvalue weighted by Gasteiger charge is -2.36. The number of nitrogens with one attached hydrogen (secondary N) is 2. The van der Waals surface area contributed by atoms with Gasteiger partial charge >= 0.3 is 6.03 Å². The average molecular weight is 362 g/mol. The lowest BCUT2D eigenvalue weighted by atomic mass is 9.85. The Kier molecular flexibility index (Phi) is 5.80. The Labute approximate surface area is 152 Å². The third-order valence-electron chi connectivity index (χ3n) is 5.26. The summed E-state index contributed by atoms with van der Waals surface area (Å²) in [4.78, 5) is 39.8. The number of hydrogen-bond donors (Lipinski definition) is 2. The number of amides is 4. The molecule has 8 nitrogen and oxygen atoms in total. The molecule has 0 bridgehead atoms. The quantitative estimate of drug-likeness (QED) is 0.840. The van der Waals surface area contributed by atoms with Crippen LogP contribution in [0, 0.1) is 5.92 Å². The maximum absolute atomic E-state index is 12.5. The van der Waals surface area contributed by atoms with Crippen molar-refractivity contribution < 1.29 is 18.8 Å². The molecule has 1 saturated heterocycles. The minimum absolute atomic E-state index is 0.0595. The van der Waals surface area contributed by atoms with Gasteiger partial charge in [-0.05, 0) is 37.8 Å². The summed E-state index contributed by atoms with van der Waals surface area (Å²) in [7, 11) is 1.66. The zero-order valence-electron chi connectivity index (χ0n) is 15.1. The van der Waals surface area contributed by atoms with Crippen LogP contribution < -0.4 is 10.6 Å². The summed E-state index contributed by atoms with van der Waals surface area (Å²) in [5.74, 6) is 0.342. The predicted molar refractivity (Wildman–Crippen MR) is 94.5 cm³/mol. The summed E-state index contributed by atoms with van der Waals surface area (Å²) in [5, 5.41) is 5.76. The van der Waals surface area contributed by atoms with Crippen molar-refractivity contribution in [1.82, 2.24) is 20.4 Å². The zero-order chi connectivity index (χ0) is 18.5. The molecule has 2 fully saturated rings. The van der Waals surface area contributed by atoms with E-state index in [0.717, 1.165) is 25.7 Å². The molecular formula is C18H26N4O4. The van der Waals surface area contributed by atoms with Gasteiger partial charge in [0, 0.05) is 45.2 Å². The Balaban J connectivity index is 1.42. The summed E-state index contributed by atoms with van der Waals surface area (Å²) in [6, 6.07) is 3.37. The second kappa shape index (κ2) is 8.25. The fraction of sp³-hybridized carbons (Fsp3) is 0.611. The summed E-state index contributed by atoms with van der Waals surface area (Å²) in [5.41, 5.74) is 0. The molecule has 0 spiro atoms. The third-order valence-corrected chi connectivity index (χ3v) is 5.26. The summed E-state index contributed by atoms with van der Waals surface area (Å²) in [6.07, 6.45) is 4.73. The van der Waals surface area contributed by atoms with Crippen molar-refractivity contribution >= 4 is 17.8 Å². The van der Waals surface area contributed by atoms with Gasteiger partial charge in [-0.15, -0.1) is 0 Å². The van der Waals surface area contributed by atoms with Gasteiger partial charge in [0.15, 0.2) is 5.76 Å². The van der Waals surface area contributed by atoms with Gasteiger partial charge < -0.3 is 24.9 Å². The zero-order valence-corrected chi connectivity index (χ0v) is 15.1. The normalized spacial score (nSPS) is 23.4. The Morgan fingerprint density at radius 3 is 2.27 bits per heavy atom. The van der Waals surface area contributed by atoms with Crippen LogP contribution in [-0.2, 0) is 4.79 Å². The summed E-state index contributed by atoms with van der Waals surface area (Å²) in [6.45, 7) is 2.00. The van der Waals surface area contributed by atoms with Crippen LogP contribution in [0.3, 0.4) is 0 Å². The number of urea groups is 1. The van der Waals surface area contributed by atoms with E-state index >= 15 is 0 Å². The highest BCUT2D eigenvalue weighted by Crippen LogP contribution is 2.24. The van der Waals surface area contributed by atoms with Crippen LogP contribution in [0.4, 0.5) is 4.79 Å². The SMILES string of the molecule is CNC(=O)C1CCC(NC(=O)N2CCN(C(=O)c3ccco3)CC2)CC1. The van der Waals surface area contributed by atoms with Crippen molar-refractivity contribution in [2.45, 2.75) is 31.7 Å². The largest absolute Gasteiger partial charge is 0.459 e. The highest BCUT2D eigenvalue weighted by Gasteiger charge is 2.29. The molecule has 0 radical (unpaired) electrons. The van der Waals surface area contributed by atoms with E-state index in [4.69, 9.17) is 4.42 Å². The van der Waals surface area contributed by atoms with Gasteiger partial charge in [0.2, 0.25) is 5.91 Å². The van der Waals surface area contributed by atoms with Crippen molar-refractivity contribution in [2.24, 2.45) is 5.92 Å². The second-order valence-electron chi connectivity index (χ2n) is 6.87. The van der Waals surface area contributed by atoms with Crippen molar-refractivity contribution in [3.05, 3.63) is 24.2 Å². The standard InChI is InChI=1S/C18H26N4O4/c1-19-16(23)13-4-6-14(7-5-13)20-18(25)22-10-8-21(9-11-22)17(24)15-3-2-12-26-15/h2-3,12-14H,4-11H2,1H3,(H,19,23)(H,20,25). The van der Waals surface area contributed by atoms with E-state index in [-0.39, 0.29) is 29.8 Å². The molecule has 8 heteroatoms. The fourth-order valence-electron chi connectivity index (χ4n) is 3.64. The number of hydrogen-bond acceptors (Lipinski definition) is 4. The number of carbonyl (C=O) groups is 3. The Morgan fingerprint density at radius 1 is 1.04 bits per heavy atom. The summed E-state index contributed by atoms with van der Waals surface area (Å²) >= 11 is 0. The predicted octanol–water partition coefficient (Wildman–Crippen LogP) is 1.05. The first-order chi connectivity index (χ1) is 12.6. The molecule has 1 aromatic heterocycles. The number of nitrogens with zero attached hydrogens (tertiary/aromatic N) is 2. The van der Waals surface area contributed by atoms with Crippen molar-refractivity contribution in [3.8, 4) is 0 Å². The molecule has 1 aliphatic heterocycles. The number of furan rings is 1. The van der Waals surface area contributed by atoms with E-state index in [1.54, 1.807) is 29.0 Å². The van der Waals surface area contributed by atoms with Crippen molar-refractivity contribution in [3.63, 3.8) is 0 Å². The van der Waals surface area contributed by atoms with Crippen LogP contribution in [0.15, 0.2) is 22.8 Å². The molecule has 2 N–H and O–H groups in total. The van der Waals surface area contributed by atoms with E-state index in [0.29, 0.717) is 31.9 Å². The number of rotatable bonds is 3. The molecule has 1 aliphatic carbocycles. The Bertz CT molecular complexity index is 630. The molecule has 1 aromatic rings. The van der Waals surface area contributed by atoms with Crippen LogP contribution in [0.2, 0.25) is 0 Å². The molecule has 3 rings (SSSR count). The molecule has 142 valence electrons. The molecule has 4 amide bonds. The maximum atomic E-state index is 12.5. The van der Waals surface area contributed by atoms with Crippen molar-refractivity contribution in [1.29, 1.82) is 0 Å².